The number of nitrogens with one attached hydrogen (secondary N) is 2. The van der Waals surface area contributed by atoms with Crippen molar-refractivity contribution < 1.29 is 14.3 Å². The summed E-state index contributed by atoms with van der Waals surface area (Å²) in [4.78, 5) is 25.7. The van der Waals surface area contributed by atoms with Crippen molar-refractivity contribution in [3.63, 3.8) is 0 Å². The van der Waals surface area contributed by atoms with Gasteiger partial charge in [0.2, 0.25) is 5.91 Å². The van der Waals surface area contributed by atoms with E-state index in [4.69, 9.17) is 4.74 Å². The second-order valence-corrected chi connectivity index (χ2v) is 6.02. The number of morpholine rings is 1. The molecule has 2 N–H and O–H groups in total. The van der Waals surface area contributed by atoms with Crippen LogP contribution in [0.25, 0.3) is 0 Å². The molecule has 23 heavy (non-hydrogen) atoms. The molecule has 3 amide bonds. The molecule has 126 valence electrons. The van der Waals surface area contributed by atoms with Crippen LogP contribution in [0.15, 0.2) is 18.2 Å². The van der Waals surface area contributed by atoms with Crippen LogP contribution in [-0.2, 0) is 9.53 Å². The fourth-order valence-electron chi connectivity index (χ4n) is 2.62. The second-order valence-electron chi connectivity index (χ2n) is 6.02. The van der Waals surface area contributed by atoms with Crippen LogP contribution < -0.4 is 10.6 Å². The molecule has 0 radical (unpaired) electrons. The zero-order valence-corrected chi connectivity index (χ0v) is 14.2. The van der Waals surface area contributed by atoms with Gasteiger partial charge in [-0.25, -0.2) is 4.79 Å². The van der Waals surface area contributed by atoms with Gasteiger partial charge in [0, 0.05) is 30.9 Å². The van der Waals surface area contributed by atoms with E-state index in [1.54, 1.807) is 17.9 Å². The first-order chi connectivity index (χ1) is 10.9. The first-order valence-corrected chi connectivity index (χ1v) is 8.01. The number of anilines is 2. The van der Waals surface area contributed by atoms with Crippen LogP contribution in [0.4, 0.5) is 16.2 Å². The number of carbonyl (C=O) groups is 2. The predicted octanol–water partition coefficient (Wildman–Crippen LogP) is 2.98. The Kier molecular flexibility index (Phi) is 5.60. The molecule has 0 aromatic heterocycles. The average Bonchev–Trinajstić information content (AvgIpc) is 2.49. The quantitative estimate of drug-likeness (QED) is 0.900. The largest absolute Gasteiger partial charge is 0.372 e. The van der Waals surface area contributed by atoms with E-state index in [2.05, 4.69) is 10.6 Å². The number of nitrogens with zero attached hydrogens (tertiary/aromatic N) is 1. The van der Waals surface area contributed by atoms with Crippen molar-refractivity contribution in [1.29, 1.82) is 0 Å². The Morgan fingerprint density at radius 3 is 2.48 bits per heavy atom. The summed E-state index contributed by atoms with van der Waals surface area (Å²) in [6, 6.07) is 5.35. The molecule has 0 aliphatic carbocycles. The zero-order valence-electron chi connectivity index (χ0n) is 14.2. The smallest absolute Gasteiger partial charge is 0.322 e. The molecule has 6 nitrogen and oxygen atoms in total. The van der Waals surface area contributed by atoms with Crippen molar-refractivity contribution in [2.75, 3.05) is 23.7 Å². The monoisotopic (exact) mass is 319 g/mol. The molecule has 2 rings (SSSR count). The summed E-state index contributed by atoms with van der Waals surface area (Å²) in [7, 11) is 0. The zero-order chi connectivity index (χ0) is 17.0. The van der Waals surface area contributed by atoms with Gasteiger partial charge in [-0.3, -0.25) is 4.79 Å². The van der Waals surface area contributed by atoms with Crippen LogP contribution in [0.5, 0.6) is 0 Å². The molecule has 1 heterocycles. The molecule has 1 fully saturated rings. The van der Waals surface area contributed by atoms with Gasteiger partial charge in [0.15, 0.2) is 0 Å². The first-order valence-electron chi connectivity index (χ1n) is 8.01. The highest BCUT2D eigenvalue weighted by atomic mass is 16.5. The number of amides is 3. The number of carbonyl (C=O) groups excluding carboxylic acids is 2. The fourth-order valence-corrected chi connectivity index (χ4v) is 2.62. The maximum absolute atomic E-state index is 12.5. The topological polar surface area (TPSA) is 70.7 Å². The number of hydrogen-bond acceptors (Lipinski definition) is 3. The van der Waals surface area contributed by atoms with Crippen LogP contribution in [0.3, 0.4) is 0 Å². The van der Waals surface area contributed by atoms with E-state index in [1.807, 2.05) is 32.9 Å². The SMILES string of the molecule is CCC(=O)Nc1ccc(C)c(NC(=O)N2C[C@@H](C)O[C@H](C)C2)c1. The normalized spacial score (nSPS) is 21.0. The second kappa shape index (κ2) is 7.46. The number of rotatable bonds is 3. The molecular weight excluding hydrogens is 294 g/mol. The van der Waals surface area contributed by atoms with Crippen molar-refractivity contribution >= 4 is 23.3 Å². The summed E-state index contributed by atoms with van der Waals surface area (Å²) in [5.74, 6) is -0.0537. The third-order valence-corrected chi connectivity index (χ3v) is 3.79. The predicted molar refractivity (Wildman–Crippen MR) is 90.7 cm³/mol. The molecular formula is C17H25N3O3. The maximum atomic E-state index is 12.5. The van der Waals surface area contributed by atoms with E-state index >= 15 is 0 Å². The number of hydrogen-bond donors (Lipinski definition) is 2. The molecule has 1 saturated heterocycles. The summed E-state index contributed by atoms with van der Waals surface area (Å²) in [5.41, 5.74) is 2.33. The van der Waals surface area contributed by atoms with Gasteiger partial charge >= 0.3 is 6.03 Å². The Hall–Kier alpha value is -2.08. The van der Waals surface area contributed by atoms with E-state index in [0.717, 1.165) is 5.56 Å². The highest BCUT2D eigenvalue weighted by molar-refractivity contribution is 5.94. The minimum Gasteiger partial charge on any atom is -0.372 e. The lowest BCUT2D eigenvalue weighted by atomic mass is 10.1. The minimum atomic E-state index is -0.144. The van der Waals surface area contributed by atoms with Crippen molar-refractivity contribution in [1.82, 2.24) is 4.90 Å². The van der Waals surface area contributed by atoms with Gasteiger partial charge in [0.05, 0.1) is 12.2 Å². The van der Waals surface area contributed by atoms with Gasteiger partial charge in [-0.1, -0.05) is 13.0 Å². The summed E-state index contributed by atoms with van der Waals surface area (Å²) in [6.45, 7) is 8.78. The van der Waals surface area contributed by atoms with Gasteiger partial charge in [0.1, 0.15) is 0 Å². The summed E-state index contributed by atoms with van der Waals surface area (Å²) in [5, 5.41) is 5.74. The van der Waals surface area contributed by atoms with Crippen LogP contribution in [0.2, 0.25) is 0 Å². The Morgan fingerprint density at radius 2 is 1.87 bits per heavy atom. The standard InChI is InChI=1S/C17H25N3O3/c1-5-16(21)18-14-7-6-11(2)15(8-14)19-17(22)20-9-12(3)23-13(4)10-20/h6-8,12-13H,5,9-10H2,1-4H3,(H,18,21)(H,19,22)/t12-,13-/m1/s1. The van der Waals surface area contributed by atoms with E-state index in [9.17, 15) is 9.59 Å². The lowest BCUT2D eigenvalue weighted by Crippen LogP contribution is -2.49. The van der Waals surface area contributed by atoms with Crippen molar-refractivity contribution in [2.24, 2.45) is 0 Å². The van der Waals surface area contributed by atoms with E-state index in [0.29, 0.717) is 30.9 Å². The summed E-state index contributed by atoms with van der Waals surface area (Å²) >= 11 is 0. The molecule has 2 atom stereocenters. The Bertz CT molecular complexity index is 578. The van der Waals surface area contributed by atoms with E-state index in [-0.39, 0.29) is 24.1 Å². The number of benzene rings is 1. The summed E-state index contributed by atoms with van der Waals surface area (Å²) in [6.07, 6.45) is 0.473. The van der Waals surface area contributed by atoms with Gasteiger partial charge in [-0.15, -0.1) is 0 Å². The molecule has 1 aliphatic heterocycles. The molecule has 0 bridgehead atoms. The number of aryl methyl sites for hydroxylation is 1. The first kappa shape index (κ1) is 17.3. The van der Waals surface area contributed by atoms with Gasteiger partial charge < -0.3 is 20.3 Å². The minimum absolute atomic E-state index is 0.0285. The van der Waals surface area contributed by atoms with Crippen LogP contribution in [-0.4, -0.2) is 42.1 Å². The van der Waals surface area contributed by atoms with E-state index in [1.165, 1.54) is 0 Å². The van der Waals surface area contributed by atoms with Crippen molar-refractivity contribution in [3.8, 4) is 0 Å². The van der Waals surface area contributed by atoms with Crippen molar-refractivity contribution in [3.05, 3.63) is 23.8 Å². The van der Waals surface area contributed by atoms with Crippen LogP contribution >= 0.6 is 0 Å². The molecule has 0 saturated carbocycles. The average molecular weight is 319 g/mol. The van der Waals surface area contributed by atoms with Gasteiger partial charge in [-0.05, 0) is 38.5 Å². The van der Waals surface area contributed by atoms with Crippen LogP contribution in [0.1, 0.15) is 32.8 Å². The van der Waals surface area contributed by atoms with E-state index < -0.39 is 0 Å². The Morgan fingerprint density at radius 1 is 1.22 bits per heavy atom. The molecule has 0 unspecified atom stereocenters. The summed E-state index contributed by atoms with van der Waals surface area (Å²) < 4.78 is 5.65. The maximum Gasteiger partial charge on any atom is 0.322 e. The Labute approximate surface area is 137 Å². The van der Waals surface area contributed by atoms with Gasteiger partial charge in [0.25, 0.3) is 0 Å². The lowest BCUT2D eigenvalue weighted by molar-refractivity contribution is -0.115. The third-order valence-electron chi connectivity index (χ3n) is 3.79. The molecule has 1 aromatic rings. The number of urea groups is 1. The fraction of sp³-hybridized carbons (Fsp3) is 0.529. The number of ether oxygens (including phenoxy) is 1. The lowest BCUT2D eigenvalue weighted by Gasteiger charge is -2.35. The van der Waals surface area contributed by atoms with Crippen molar-refractivity contribution in [2.45, 2.75) is 46.3 Å². The third kappa shape index (κ3) is 4.69. The highest BCUT2D eigenvalue weighted by Crippen LogP contribution is 2.21. The molecule has 6 heteroatoms. The Balaban J connectivity index is 2.07. The molecule has 1 aromatic carbocycles. The van der Waals surface area contributed by atoms with Gasteiger partial charge in [-0.2, -0.15) is 0 Å². The molecule has 1 aliphatic rings. The van der Waals surface area contributed by atoms with Crippen LogP contribution in [0, 0.1) is 6.92 Å². The molecule has 0 spiro atoms. The highest BCUT2D eigenvalue weighted by Gasteiger charge is 2.26.